The van der Waals surface area contributed by atoms with Crippen molar-refractivity contribution in [2.24, 2.45) is 0 Å². The lowest BCUT2D eigenvalue weighted by atomic mass is 9.79. The maximum atomic E-state index is 15.0. The Morgan fingerprint density at radius 3 is 2.65 bits per heavy atom. The average molecular weight is 423 g/mol. The maximum absolute atomic E-state index is 15.0. The smallest absolute Gasteiger partial charge is 0.276 e. The molecule has 0 spiro atoms. The highest BCUT2D eigenvalue weighted by Crippen LogP contribution is 2.46. The third-order valence-electron chi connectivity index (χ3n) is 6.22. The summed E-state index contributed by atoms with van der Waals surface area (Å²) in [5, 5.41) is 14.6. The van der Waals surface area contributed by atoms with Crippen LogP contribution in [0.4, 0.5) is 8.78 Å². The molecular weight excluding hydrogens is 404 g/mol. The largest absolute Gasteiger partial charge is 0.502 e. The third kappa shape index (κ3) is 3.01. The Balaban J connectivity index is 1.81. The van der Waals surface area contributed by atoms with Crippen LogP contribution in [0.25, 0.3) is 0 Å². The molecule has 3 aromatic rings. The van der Waals surface area contributed by atoms with Crippen molar-refractivity contribution in [2.45, 2.75) is 30.8 Å². The second kappa shape index (κ2) is 7.30. The molecule has 0 bridgehead atoms. The number of hydrogen-bond acceptors (Lipinski definition) is 4. The van der Waals surface area contributed by atoms with Gasteiger partial charge in [-0.1, -0.05) is 30.3 Å². The number of aromatic nitrogens is 2. The molecule has 1 saturated heterocycles. The SMILES string of the molecule is O=C1c2c(O)c(=O)cnn2[C@@H]([C@@H](c2ccccc2)c2cc(F)ccc2F)[C@H]2CCCN12. The Labute approximate surface area is 176 Å². The molecule has 1 fully saturated rings. The lowest BCUT2D eigenvalue weighted by Crippen LogP contribution is -2.51. The number of halogens is 2. The number of nitrogens with zero attached hydrogens (tertiary/aromatic N) is 3. The van der Waals surface area contributed by atoms with Crippen LogP contribution in [0.15, 0.2) is 59.5 Å². The minimum Gasteiger partial charge on any atom is -0.502 e. The monoisotopic (exact) mass is 423 g/mol. The number of benzene rings is 2. The molecular formula is C23H19F2N3O3. The molecule has 1 aromatic heterocycles. The van der Waals surface area contributed by atoms with Gasteiger partial charge in [0.25, 0.3) is 5.91 Å². The zero-order chi connectivity index (χ0) is 21.7. The van der Waals surface area contributed by atoms with Crippen LogP contribution < -0.4 is 5.43 Å². The molecule has 0 saturated carbocycles. The summed E-state index contributed by atoms with van der Waals surface area (Å²) in [6.07, 6.45) is 2.32. The minimum absolute atomic E-state index is 0.128. The zero-order valence-corrected chi connectivity index (χ0v) is 16.4. The fourth-order valence-corrected chi connectivity index (χ4v) is 4.92. The van der Waals surface area contributed by atoms with Crippen molar-refractivity contribution in [3.63, 3.8) is 0 Å². The van der Waals surface area contributed by atoms with E-state index in [9.17, 15) is 19.1 Å². The summed E-state index contributed by atoms with van der Waals surface area (Å²) in [4.78, 5) is 26.7. The quantitative estimate of drug-likeness (QED) is 0.702. The Kier molecular flexibility index (Phi) is 4.57. The van der Waals surface area contributed by atoms with Crippen LogP contribution in [0.3, 0.4) is 0 Å². The van der Waals surface area contributed by atoms with Crippen molar-refractivity contribution < 1.29 is 18.7 Å². The summed E-state index contributed by atoms with van der Waals surface area (Å²) < 4.78 is 30.5. The first-order chi connectivity index (χ1) is 15.0. The highest BCUT2D eigenvalue weighted by Gasteiger charge is 2.48. The second-order valence-corrected chi connectivity index (χ2v) is 7.90. The molecule has 1 amide bonds. The second-order valence-electron chi connectivity index (χ2n) is 7.90. The molecule has 5 rings (SSSR count). The number of carbonyl (C=O) groups excluding carboxylic acids is 1. The lowest BCUT2D eigenvalue weighted by Gasteiger charge is -2.42. The minimum atomic E-state index is -0.760. The molecule has 0 unspecified atom stereocenters. The number of rotatable bonds is 3. The highest BCUT2D eigenvalue weighted by atomic mass is 19.1. The number of carbonyl (C=O) groups is 1. The van der Waals surface area contributed by atoms with Crippen LogP contribution in [0.2, 0.25) is 0 Å². The predicted octanol–water partition coefficient (Wildman–Crippen LogP) is 3.22. The van der Waals surface area contributed by atoms with Gasteiger partial charge in [0.15, 0.2) is 11.4 Å². The molecule has 2 aliphatic heterocycles. The van der Waals surface area contributed by atoms with E-state index in [1.807, 2.05) is 18.2 Å². The lowest BCUT2D eigenvalue weighted by molar-refractivity contribution is 0.0564. The van der Waals surface area contributed by atoms with Gasteiger partial charge in [-0.2, -0.15) is 5.10 Å². The first-order valence-electron chi connectivity index (χ1n) is 10.1. The Bertz CT molecular complexity index is 1230. The topological polar surface area (TPSA) is 75.4 Å². The fourth-order valence-electron chi connectivity index (χ4n) is 4.92. The van der Waals surface area contributed by atoms with E-state index < -0.39 is 40.7 Å². The van der Waals surface area contributed by atoms with E-state index in [-0.39, 0.29) is 17.3 Å². The number of amides is 1. The summed E-state index contributed by atoms with van der Waals surface area (Å²) in [6, 6.07) is 11.4. The molecule has 0 aliphatic carbocycles. The van der Waals surface area contributed by atoms with Crippen molar-refractivity contribution in [2.75, 3.05) is 6.54 Å². The summed E-state index contributed by atoms with van der Waals surface area (Å²) in [5.74, 6) is -3.02. The number of aromatic hydroxyl groups is 1. The van der Waals surface area contributed by atoms with Crippen LogP contribution in [0.5, 0.6) is 5.75 Å². The van der Waals surface area contributed by atoms with E-state index in [2.05, 4.69) is 5.10 Å². The molecule has 1 N–H and O–H groups in total. The molecule has 31 heavy (non-hydrogen) atoms. The first-order valence-corrected chi connectivity index (χ1v) is 10.1. The van der Waals surface area contributed by atoms with Crippen LogP contribution in [0.1, 0.15) is 46.4 Å². The summed E-state index contributed by atoms with van der Waals surface area (Å²) in [5.41, 5.74) is -0.134. The van der Waals surface area contributed by atoms with Crippen LogP contribution in [-0.2, 0) is 0 Å². The molecule has 158 valence electrons. The van der Waals surface area contributed by atoms with Crippen LogP contribution in [0, 0.1) is 11.6 Å². The van der Waals surface area contributed by atoms with Gasteiger partial charge >= 0.3 is 0 Å². The van der Waals surface area contributed by atoms with Gasteiger partial charge in [-0.05, 0) is 36.6 Å². The van der Waals surface area contributed by atoms with E-state index in [0.29, 0.717) is 18.5 Å². The van der Waals surface area contributed by atoms with Crippen molar-refractivity contribution in [3.05, 3.63) is 93.4 Å². The predicted molar refractivity (Wildman–Crippen MR) is 108 cm³/mol. The first kappa shape index (κ1) is 19.4. The van der Waals surface area contributed by atoms with Crippen molar-refractivity contribution in [3.8, 4) is 5.75 Å². The van der Waals surface area contributed by atoms with Gasteiger partial charge < -0.3 is 10.0 Å². The standard InChI is InChI=1S/C23H19F2N3O3/c24-14-8-9-16(25)15(11-14)19(13-5-2-1-3-6-13)20-17-7-4-10-27(17)23(31)21-22(30)18(29)12-26-28(20)21/h1-3,5-6,8-9,11-12,17,19-20,30H,4,7,10H2/t17-,19+,20-/m1/s1. The van der Waals surface area contributed by atoms with E-state index in [4.69, 9.17) is 0 Å². The summed E-state index contributed by atoms with van der Waals surface area (Å²) in [7, 11) is 0. The molecule has 2 aliphatic rings. The van der Waals surface area contributed by atoms with Crippen molar-refractivity contribution >= 4 is 5.91 Å². The number of fused-ring (bicyclic) bond motifs is 2. The molecule has 3 heterocycles. The van der Waals surface area contributed by atoms with Crippen molar-refractivity contribution in [1.82, 2.24) is 14.7 Å². The maximum Gasteiger partial charge on any atom is 0.276 e. The third-order valence-corrected chi connectivity index (χ3v) is 6.22. The molecule has 8 heteroatoms. The van der Waals surface area contributed by atoms with Crippen LogP contribution >= 0.6 is 0 Å². The number of hydrogen-bond donors (Lipinski definition) is 1. The zero-order valence-electron chi connectivity index (χ0n) is 16.4. The highest BCUT2D eigenvalue weighted by molar-refractivity contribution is 5.96. The molecule has 0 radical (unpaired) electrons. The van der Waals surface area contributed by atoms with E-state index >= 15 is 4.39 Å². The van der Waals surface area contributed by atoms with Crippen molar-refractivity contribution in [1.29, 1.82) is 0 Å². The normalized spacial score (nSPS) is 21.0. The van der Waals surface area contributed by atoms with Gasteiger partial charge in [0.1, 0.15) is 11.6 Å². The van der Waals surface area contributed by atoms with E-state index in [1.54, 1.807) is 17.0 Å². The molecule has 3 atom stereocenters. The van der Waals surface area contributed by atoms with Crippen LogP contribution in [-0.4, -0.2) is 38.3 Å². The Morgan fingerprint density at radius 1 is 1.10 bits per heavy atom. The van der Waals surface area contributed by atoms with Gasteiger partial charge in [0.2, 0.25) is 5.43 Å². The van der Waals surface area contributed by atoms with Gasteiger partial charge in [0.05, 0.1) is 18.3 Å². The summed E-state index contributed by atoms with van der Waals surface area (Å²) in [6.45, 7) is 0.454. The fraction of sp³-hybridized carbons (Fsp3) is 0.261. The van der Waals surface area contributed by atoms with Gasteiger partial charge in [-0.3, -0.25) is 14.3 Å². The summed E-state index contributed by atoms with van der Waals surface area (Å²) >= 11 is 0. The average Bonchev–Trinajstić information content (AvgIpc) is 3.26. The Morgan fingerprint density at radius 2 is 1.87 bits per heavy atom. The van der Waals surface area contributed by atoms with Gasteiger partial charge in [-0.15, -0.1) is 0 Å². The molecule has 2 aromatic carbocycles. The van der Waals surface area contributed by atoms with Gasteiger partial charge in [-0.25, -0.2) is 8.78 Å². The van der Waals surface area contributed by atoms with E-state index in [0.717, 1.165) is 30.8 Å². The Hall–Kier alpha value is -3.55. The van der Waals surface area contributed by atoms with E-state index in [1.165, 1.54) is 4.68 Å². The van der Waals surface area contributed by atoms with Gasteiger partial charge in [0, 0.05) is 18.0 Å². The molecule has 6 nitrogen and oxygen atoms in total.